The van der Waals surface area contributed by atoms with Crippen LogP contribution < -0.4 is 10.5 Å². The Morgan fingerprint density at radius 3 is 2.50 bits per heavy atom. The lowest BCUT2D eigenvalue weighted by atomic mass is 10.1. The minimum absolute atomic E-state index is 0.0646. The highest BCUT2D eigenvalue weighted by Gasteiger charge is 2.28. The number of nitrogens with two attached hydrogens (primary N) is 1. The largest absolute Gasteiger partial charge is 0.399 e. The third-order valence-corrected chi connectivity index (χ3v) is 6.49. The van der Waals surface area contributed by atoms with Crippen molar-refractivity contribution < 1.29 is 13.2 Å². The highest BCUT2D eigenvalue weighted by atomic mass is 79.9. The SMILES string of the molecule is CC1CC(NS(=O)(=O)c2c(Br)cc(N)cc2Br)CCO1. The zero-order valence-electron chi connectivity index (χ0n) is 10.9. The van der Waals surface area contributed by atoms with E-state index in [9.17, 15) is 8.42 Å². The summed E-state index contributed by atoms with van der Waals surface area (Å²) in [4.78, 5) is 0.172. The summed E-state index contributed by atoms with van der Waals surface area (Å²) in [5.74, 6) is 0. The average molecular weight is 428 g/mol. The molecule has 20 heavy (non-hydrogen) atoms. The van der Waals surface area contributed by atoms with Gasteiger partial charge in [-0.05, 0) is 63.8 Å². The lowest BCUT2D eigenvalue weighted by Gasteiger charge is -2.28. The van der Waals surface area contributed by atoms with Gasteiger partial charge in [0.15, 0.2) is 0 Å². The first-order chi connectivity index (χ1) is 9.29. The van der Waals surface area contributed by atoms with Crippen molar-refractivity contribution in [1.82, 2.24) is 4.72 Å². The van der Waals surface area contributed by atoms with Crippen LogP contribution in [-0.2, 0) is 14.8 Å². The summed E-state index contributed by atoms with van der Waals surface area (Å²) in [7, 11) is -3.62. The Hall–Kier alpha value is -0.150. The Kier molecular flexibility index (Phi) is 5.12. The number of rotatable bonds is 3. The van der Waals surface area contributed by atoms with Gasteiger partial charge >= 0.3 is 0 Å². The molecular weight excluding hydrogens is 412 g/mol. The molecule has 3 N–H and O–H groups in total. The molecule has 1 aromatic rings. The van der Waals surface area contributed by atoms with E-state index in [4.69, 9.17) is 10.5 Å². The van der Waals surface area contributed by atoms with Crippen LogP contribution in [-0.4, -0.2) is 27.2 Å². The second-order valence-corrected chi connectivity index (χ2v) is 8.20. The number of hydrogen-bond donors (Lipinski definition) is 2. The fraction of sp³-hybridized carbons (Fsp3) is 0.500. The number of sulfonamides is 1. The van der Waals surface area contributed by atoms with Crippen molar-refractivity contribution in [2.45, 2.75) is 36.8 Å². The predicted octanol–water partition coefficient (Wildman–Crippen LogP) is 2.64. The Morgan fingerprint density at radius 2 is 1.95 bits per heavy atom. The summed E-state index contributed by atoms with van der Waals surface area (Å²) in [6.45, 7) is 2.51. The van der Waals surface area contributed by atoms with Crippen LogP contribution in [0.3, 0.4) is 0 Å². The molecule has 1 aliphatic rings. The van der Waals surface area contributed by atoms with Crippen molar-refractivity contribution in [3.05, 3.63) is 21.1 Å². The molecule has 8 heteroatoms. The molecule has 2 atom stereocenters. The number of hydrogen-bond acceptors (Lipinski definition) is 4. The van der Waals surface area contributed by atoms with E-state index in [0.29, 0.717) is 34.1 Å². The van der Waals surface area contributed by atoms with Gasteiger partial charge in [0.2, 0.25) is 10.0 Å². The van der Waals surface area contributed by atoms with Crippen LogP contribution in [0.2, 0.25) is 0 Å². The van der Waals surface area contributed by atoms with Crippen LogP contribution in [0.1, 0.15) is 19.8 Å². The molecule has 112 valence electrons. The van der Waals surface area contributed by atoms with Crippen molar-refractivity contribution in [3.63, 3.8) is 0 Å². The summed E-state index contributed by atoms with van der Waals surface area (Å²) < 4.78 is 34.1. The molecule has 2 rings (SSSR count). The van der Waals surface area contributed by atoms with Crippen molar-refractivity contribution in [3.8, 4) is 0 Å². The number of benzene rings is 1. The highest BCUT2D eigenvalue weighted by Crippen LogP contribution is 2.32. The van der Waals surface area contributed by atoms with Crippen molar-refractivity contribution >= 4 is 47.6 Å². The summed E-state index contributed by atoms with van der Waals surface area (Å²) in [6, 6.07) is 3.04. The van der Waals surface area contributed by atoms with Gasteiger partial charge in [0.25, 0.3) is 0 Å². The zero-order chi connectivity index (χ0) is 14.9. The second-order valence-electron chi connectivity index (χ2n) is 4.84. The van der Waals surface area contributed by atoms with E-state index in [2.05, 4.69) is 36.6 Å². The van der Waals surface area contributed by atoms with Crippen LogP contribution in [0.4, 0.5) is 5.69 Å². The van der Waals surface area contributed by atoms with Crippen LogP contribution in [0.15, 0.2) is 26.0 Å². The zero-order valence-corrected chi connectivity index (χ0v) is 14.9. The average Bonchev–Trinajstić information content (AvgIpc) is 2.25. The second kappa shape index (κ2) is 6.31. The van der Waals surface area contributed by atoms with E-state index in [1.807, 2.05) is 6.92 Å². The molecule has 1 aliphatic heterocycles. The van der Waals surface area contributed by atoms with Crippen molar-refractivity contribution in [2.24, 2.45) is 0 Å². The molecule has 2 unspecified atom stereocenters. The Labute approximate surface area is 135 Å². The molecule has 0 aliphatic carbocycles. The lowest BCUT2D eigenvalue weighted by Crippen LogP contribution is -2.41. The van der Waals surface area contributed by atoms with E-state index in [1.165, 1.54) is 0 Å². The summed E-state index contributed by atoms with van der Waals surface area (Å²) in [5.41, 5.74) is 6.17. The number of halogens is 2. The molecule has 5 nitrogen and oxygen atoms in total. The molecule has 0 amide bonds. The molecule has 1 saturated heterocycles. The summed E-state index contributed by atoms with van der Waals surface area (Å²) in [6.07, 6.45) is 1.41. The van der Waals surface area contributed by atoms with Gasteiger partial charge in [-0.1, -0.05) is 0 Å². The highest BCUT2D eigenvalue weighted by molar-refractivity contribution is 9.11. The third-order valence-electron chi connectivity index (χ3n) is 3.10. The third kappa shape index (κ3) is 3.73. The standard InChI is InChI=1S/C12H16Br2N2O3S/c1-7-4-9(2-3-19-7)16-20(17,18)12-10(13)5-8(15)6-11(12)14/h5-7,9,16H,2-4,15H2,1H3. The normalized spacial score (nSPS) is 23.8. The smallest absolute Gasteiger partial charge is 0.243 e. The fourth-order valence-corrected chi connectivity index (χ4v) is 6.12. The van der Waals surface area contributed by atoms with Crippen LogP contribution in [0, 0.1) is 0 Å². The Balaban J connectivity index is 2.27. The van der Waals surface area contributed by atoms with E-state index in [0.717, 1.165) is 0 Å². The van der Waals surface area contributed by atoms with E-state index >= 15 is 0 Å². The van der Waals surface area contributed by atoms with Gasteiger partial charge in [0.05, 0.1) is 6.10 Å². The van der Waals surface area contributed by atoms with Crippen LogP contribution in [0.5, 0.6) is 0 Å². The molecule has 1 heterocycles. The van der Waals surface area contributed by atoms with E-state index in [-0.39, 0.29) is 17.0 Å². The number of nitrogen functional groups attached to an aromatic ring is 1. The molecule has 0 aromatic heterocycles. The van der Waals surface area contributed by atoms with Crippen molar-refractivity contribution in [1.29, 1.82) is 0 Å². The molecular formula is C12H16Br2N2O3S. The number of anilines is 1. The minimum Gasteiger partial charge on any atom is -0.399 e. The maximum absolute atomic E-state index is 12.5. The molecule has 1 fully saturated rings. The lowest BCUT2D eigenvalue weighted by molar-refractivity contribution is 0.0173. The minimum atomic E-state index is -3.62. The first-order valence-corrected chi connectivity index (χ1v) is 9.25. The van der Waals surface area contributed by atoms with E-state index in [1.54, 1.807) is 12.1 Å². The van der Waals surface area contributed by atoms with E-state index < -0.39 is 10.0 Å². The Bertz CT molecular complexity index is 584. The quantitative estimate of drug-likeness (QED) is 0.726. The molecule has 0 saturated carbocycles. The van der Waals surface area contributed by atoms with Crippen LogP contribution >= 0.6 is 31.9 Å². The first kappa shape index (κ1) is 16.2. The molecule has 0 bridgehead atoms. The Morgan fingerprint density at radius 1 is 1.35 bits per heavy atom. The van der Waals surface area contributed by atoms with Crippen molar-refractivity contribution in [2.75, 3.05) is 12.3 Å². The molecule has 0 spiro atoms. The fourth-order valence-electron chi connectivity index (χ4n) is 2.22. The monoisotopic (exact) mass is 426 g/mol. The maximum Gasteiger partial charge on any atom is 0.243 e. The molecule has 0 radical (unpaired) electrons. The van der Waals surface area contributed by atoms with Gasteiger partial charge in [-0.15, -0.1) is 0 Å². The number of nitrogens with one attached hydrogen (secondary N) is 1. The van der Waals surface area contributed by atoms with Gasteiger partial charge in [-0.3, -0.25) is 0 Å². The number of ether oxygens (including phenoxy) is 1. The van der Waals surface area contributed by atoms with Gasteiger partial charge < -0.3 is 10.5 Å². The summed E-state index contributed by atoms with van der Waals surface area (Å²) in [5, 5.41) is 0. The predicted molar refractivity (Wildman–Crippen MR) is 85.0 cm³/mol. The van der Waals surface area contributed by atoms with Gasteiger partial charge in [0.1, 0.15) is 4.90 Å². The molecule has 1 aromatic carbocycles. The van der Waals surface area contributed by atoms with Gasteiger partial charge in [-0.25, -0.2) is 13.1 Å². The van der Waals surface area contributed by atoms with Gasteiger partial charge in [0, 0.05) is 27.3 Å². The first-order valence-electron chi connectivity index (χ1n) is 6.18. The maximum atomic E-state index is 12.5. The van der Waals surface area contributed by atoms with Crippen LogP contribution in [0.25, 0.3) is 0 Å². The summed E-state index contributed by atoms with van der Waals surface area (Å²) >= 11 is 6.51. The topological polar surface area (TPSA) is 81.4 Å². The van der Waals surface area contributed by atoms with Gasteiger partial charge in [-0.2, -0.15) is 0 Å².